The molecule has 0 saturated heterocycles. The van der Waals surface area contributed by atoms with E-state index in [1.165, 1.54) is 6.08 Å². The molecule has 2 aromatic rings. The highest BCUT2D eigenvalue weighted by Crippen LogP contribution is 2.37. The van der Waals surface area contributed by atoms with Gasteiger partial charge < -0.3 is 19.5 Å². The maximum atomic E-state index is 12.4. The second-order valence-electron chi connectivity index (χ2n) is 5.91. The van der Waals surface area contributed by atoms with Gasteiger partial charge in [0.1, 0.15) is 23.5 Å². The Bertz CT molecular complexity index is 1000. The van der Waals surface area contributed by atoms with E-state index in [1.807, 2.05) is 31.2 Å². The summed E-state index contributed by atoms with van der Waals surface area (Å²) in [4.78, 5) is 12.4. The lowest BCUT2D eigenvalue weighted by Gasteiger charge is -2.13. The molecular formula is C22H20BrN3O4. The van der Waals surface area contributed by atoms with Crippen molar-refractivity contribution in [3.63, 3.8) is 0 Å². The van der Waals surface area contributed by atoms with E-state index < -0.39 is 5.91 Å². The molecule has 30 heavy (non-hydrogen) atoms. The molecule has 0 heterocycles. The van der Waals surface area contributed by atoms with Gasteiger partial charge in [0.15, 0.2) is 18.1 Å². The number of nitrogens with one attached hydrogen (secondary N) is 1. The molecule has 1 amide bonds. The molecule has 2 aromatic carbocycles. The van der Waals surface area contributed by atoms with Crippen molar-refractivity contribution in [1.29, 1.82) is 10.5 Å². The first-order valence-corrected chi connectivity index (χ1v) is 9.80. The molecule has 0 aliphatic rings. The summed E-state index contributed by atoms with van der Waals surface area (Å²) in [7, 11) is 1.58. The van der Waals surface area contributed by atoms with Gasteiger partial charge >= 0.3 is 0 Å². The zero-order valence-corrected chi connectivity index (χ0v) is 18.2. The van der Waals surface area contributed by atoms with E-state index in [1.54, 1.807) is 31.4 Å². The van der Waals surface area contributed by atoms with Crippen LogP contribution in [-0.2, 0) is 11.3 Å². The first-order chi connectivity index (χ1) is 14.5. The summed E-state index contributed by atoms with van der Waals surface area (Å²) in [5.74, 6) is 1.02. The van der Waals surface area contributed by atoms with Crippen molar-refractivity contribution in [2.24, 2.45) is 0 Å². The Morgan fingerprint density at radius 2 is 1.93 bits per heavy atom. The lowest BCUT2D eigenvalue weighted by molar-refractivity contribution is -0.117. The van der Waals surface area contributed by atoms with E-state index in [0.29, 0.717) is 28.1 Å². The molecule has 0 aliphatic heterocycles. The number of amides is 1. The van der Waals surface area contributed by atoms with Gasteiger partial charge in [-0.25, -0.2) is 0 Å². The molecule has 0 aromatic heterocycles. The Balaban J connectivity index is 2.19. The summed E-state index contributed by atoms with van der Waals surface area (Å²) in [6.45, 7) is 2.34. The molecule has 0 fully saturated rings. The van der Waals surface area contributed by atoms with Crippen LogP contribution in [0.4, 0.5) is 0 Å². The van der Waals surface area contributed by atoms with Gasteiger partial charge in [-0.05, 0) is 64.3 Å². The molecule has 0 atom stereocenters. The van der Waals surface area contributed by atoms with Crippen LogP contribution in [0.25, 0.3) is 6.08 Å². The lowest BCUT2D eigenvalue weighted by Crippen LogP contribution is -2.23. The number of carbonyl (C=O) groups excluding carboxylic acids is 1. The van der Waals surface area contributed by atoms with Crippen LogP contribution in [0.15, 0.2) is 46.4 Å². The number of hydrogen-bond acceptors (Lipinski definition) is 6. The normalized spacial score (nSPS) is 10.5. The van der Waals surface area contributed by atoms with Gasteiger partial charge in [-0.3, -0.25) is 4.79 Å². The van der Waals surface area contributed by atoms with E-state index >= 15 is 0 Å². The molecule has 0 unspecified atom stereocenters. The third kappa shape index (κ3) is 6.26. The summed E-state index contributed by atoms with van der Waals surface area (Å²) in [5.41, 5.74) is 1.40. The number of benzene rings is 2. The summed E-state index contributed by atoms with van der Waals surface area (Å²) in [6.07, 6.45) is 1.46. The highest BCUT2D eigenvalue weighted by molar-refractivity contribution is 9.10. The van der Waals surface area contributed by atoms with E-state index in [9.17, 15) is 10.1 Å². The number of hydrogen-bond donors (Lipinski definition) is 1. The zero-order chi connectivity index (χ0) is 21.9. The number of ether oxygens (including phenoxy) is 3. The average Bonchev–Trinajstić information content (AvgIpc) is 2.75. The fourth-order valence-electron chi connectivity index (χ4n) is 2.51. The van der Waals surface area contributed by atoms with Crippen LogP contribution < -0.4 is 19.5 Å². The summed E-state index contributed by atoms with van der Waals surface area (Å²) in [6, 6.07) is 14.4. The number of rotatable bonds is 9. The minimum absolute atomic E-state index is 0.0523. The Hall–Kier alpha value is -3.49. The Labute approximate surface area is 183 Å². The van der Waals surface area contributed by atoms with Gasteiger partial charge in [-0.1, -0.05) is 12.1 Å². The second-order valence-corrected chi connectivity index (χ2v) is 6.76. The third-order valence-corrected chi connectivity index (χ3v) is 4.49. The second kappa shape index (κ2) is 11.5. The quantitative estimate of drug-likeness (QED) is 0.439. The third-order valence-electron chi connectivity index (χ3n) is 3.90. The van der Waals surface area contributed by atoms with Crippen LogP contribution in [0, 0.1) is 22.7 Å². The van der Waals surface area contributed by atoms with E-state index in [4.69, 9.17) is 19.5 Å². The molecule has 0 spiro atoms. The minimum Gasteiger partial charge on any atom is -0.497 e. The lowest BCUT2D eigenvalue weighted by atomic mass is 10.1. The number of nitriles is 2. The highest BCUT2D eigenvalue weighted by atomic mass is 79.9. The van der Waals surface area contributed by atoms with Crippen LogP contribution in [-0.4, -0.2) is 26.2 Å². The molecule has 1 N–H and O–H groups in total. The van der Waals surface area contributed by atoms with Gasteiger partial charge in [0, 0.05) is 6.54 Å². The Kier molecular flexibility index (Phi) is 8.74. The van der Waals surface area contributed by atoms with Gasteiger partial charge in [0.2, 0.25) is 0 Å². The molecule has 154 valence electrons. The standard InChI is InChI=1S/C22H20BrN3O4/c1-3-29-20-12-16(11-19(23)21(20)30-9-8-24)10-17(13-25)22(27)26-14-15-4-6-18(28-2)7-5-15/h4-7,10-12H,3,9,14H2,1-2H3,(H,26,27)/b17-10-. The minimum atomic E-state index is -0.493. The molecule has 0 bridgehead atoms. The van der Waals surface area contributed by atoms with E-state index in [-0.39, 0.29) is 18.7 Å². The van der Waals surface area contributed by atoms with Gasteiger partial charge in [-0.2, -0.15) is 10.5 Å². The predicted octanol–water partition coefficient (Wildman–Crippen LogP) is 3.98. The molecule has 0 radical (unpaired) electrons. The topological polar surface area (TPSA) is 104 Å². The monoisotopic (exact) mass is 469 g/mol. The fraction of sp³-hybridized carbons (Fsp3) is 0.227. The van der Waals surface area contributed by atoms with Gasteiger partial charge in [-0.15, -0.1) is 0 Å². The van der Waals surface area contributed by atoms with Crippen molar-refractivity contribution >= 4 is 27.9 Å². The number of carbonyl (C=O) groups is 1. The zero-order valence-electron chi connectivity index (χ0n) is 16.6. The van der Waals surface area contributed by atoms with Crippen LogP contribution >= 0.6 is 15.9 Å². The first kappa shape index (κ1) is 22.8. The predicted molar refractivity (Wildman–Crippen MR) is 115 cm³/mol. The maximum absolute atomic E-state index is 12.4. The van der Waals surface area contributed by atoms with Crippen molar-refractivity contribution in [3.8, 4) is 29.4 Å². The summed E-state index contributed by atoms with van der Waals surface area (Å²) < 4.78 is 16.6. The van der Waals surface area contributed by atoms with Crippen LogP contribution in [0.1, 0.15) is 18.1 Å². The smallest absolute Gasteiger partial charge is 0.262 e. The van der Waals surface area contributed by atoms with Crippen molar-refractivity contribution < 1.29 is 19.0 Å². The molecule has 7 nitrogen and oxygen atoms in total. The maximum Gasteiger partial charge on any atom is 0.262 e. The van der Waals surface area contributed by atoms with Crippen LogP contribution in [0.2, 0.25) is 0 Å². The average molecular weight is 470 g/mol. The number of nitrogens with zero attached hydrogens (tertiary/aromatic N) is 2. The number of methoxy groups -OCH3 is 1. The van der Waals surface area contributed by atoms with Crippen molar-refractivity contribution in [2.45, 2.75) is 13.5 Å². The molecular weight excluding hydrogens is 450 g/mol. The van der Waals surface area contributed by atoms with E-state index in [2.05, 4.69) is 21.2 Å². The molecule has 0 saturated carbocycles. The van der Waals surface area contributed by atoms with Crippen molar-refractivity contribution in [1.82, 2.24) is 5.32 Å². The largest absolute Gasteiger partial charge is 0.497 e. The summed E-state index contributed by atoms with van der Waals surface area (Å²) >= 11 is 3.38. The summed E-state index contributed by atoms with van der Waals surface area (Å²) in [5, 5.41) is 20.9. The van der Waals surface area contributed by atoms with Gasteiger partial charge in [0.05, 0.1) is 18.2 Å². The fourth-order valence-corrected chi connectivity index (χ4v) is 3.09. The van der Waals surface area contributed by atoms with Gasteiger partial charge in [0.25, 0.3) is 5.91 Å². The Morgan fingerprint density at radius 1 is 1.20 bits per heavy atom. The van der Waals surface area contributed by atoms with E-state index in [0.717, 1.165) is 11.3 Å². The molecule has 8 heteroatoms. The first-order valence-electron chi connectivity index (χ1n) is 9.01. The Morgan fingerprint density at radius 3 is 2.53 bits per heavy atom. The molecule has 2 rings (SSSR count). The van der Waals surface area contributed by atoms with Crippen molar-refractivity contribution in [3.05, 3.63) is 57.6 Å². The molecule has 0 aliphatic carbocycles. The van der Waals surface area contributed by atoms with Crippen molar-refractivity contribution in [2.75, 3.05) is 20.3 Å². The number of halogens is 1. The van der Waals surface area contributed by atoms with Crippen LogP contribution in [0.3, 0.4) is 0 Å². The van der Waals surface area contributed by atoms with Crippen LogP contribution in [0.5, 0.6) is 17.2 Å². The highest BCUT2D eigenvalue weighted by Gasteiger charge is 2.14. The SMILES string of the molecule is CCOc1cc(/C=C(/C#N)C(=O)NCc2ccc(OC)cc2)cc(Br)c1OCC#N.